The van der Waals surface area contributed by atoms with Gasteiger partial charge in [-0.25, -0.2) is 4.39 Å². The number of nitrogens with zero attached hydrogens (tertiary/aromatic N) is 3. The second-order valence-electron chi connectivity index (χ2n) is 4.67. The summed E-state index contributed by atoms with van der Waals surface area (Å²) in [4.78, 5) is 17.6. The van der Waals surface area contributed by atoms with Gasteiger partial charge in [-0.1, -0.05) is 16.8 Å². The first-order chi connectivity index (χ1) is 9.54. The largest absolute Gasteiger partial charge is 0.340 e. The van der Waals surface area contributed by atoms with E-state index < -0.39 is 5.82 Å². The van der Waals surface area contributed by atoms with Gasteiger partial charge in [0.15, 0.2) is 5.82 Å². The van der Waals surface area contributed by atoms with Gasteiger partial charge in [-0.2, -0.15) is 4.98 Å². The molecule has 1 aromatic heterocycles. The van der Waals surface area contributed by atoms with Gasteiger partial charge >= 0.3 is 0 Å². The summed E-state index contributed by atoms with van der Waals surface area (Å²) >= 11 is 5.71. The highest BCUT2D eigenvalue weighted by molar-refractivity contribution is 6.30. The van der Waals surface area contributed by atoms with Crippen molar-refractivity contribution in [3.05, 3.63) is 40.8 Å². The third kappa shape index (κ3) is 2.27. The Bertz CT molecular complexity index is 673. The fourth-order valence-corrected chi connectivity index (χ4v) is 2.45. The van der Waals surface area contributed by atoms with Gasteiger partial charge in [-0.3, -0.25) is 4.79 Å². The third-order valence-corrected chi connectivity index (χ3v) is 3.47. The Morgan fingerprint density at radius 1 is 1.50 bits per heavy atom. The Morgan fingerprint density at radius 2 is 2.30 bits per heavy atom. The van der Waals surface area contributed by atoms with E-state index in [2.05, 4.69) is 10.1 Å². The van der Waals surface area contributed by atoms with Gasteiger partial charge in [0.1, 0.15) is 5.82 Å². The van der Waals surface area contributed by atoms with Crippen LogP contribution in [-0.2, 0) is 4.79 Å². The minimum absolute atomic E-state index is 0.168. The molecule has 1 fully saturated rings. The second kappa shape index (κ2) is 4.86. The van der Waals surface area contributed by atoms with Crippen LogP contribution in [0.5, 0.6) is 0 Å². The van der Waals surface area contributed by atoms with Gasteiger partial charge in [0.2, 0.25) is 11.8 Å². The highest BCUT2D eigenvalue weighted by Crippen LogP contribution is 2.32. The summed E-state index contributed by atoms with van der Waals surface area (Å²) in [6, 6.07) is 4.24. The Labute approximate surface area is 119 Å². The molecular weight excluding hydrogens is 285 g/mol. The summed E-state index contributed by atoms with van der Waals surface area (Å²) < 4.78 is 18.8. The van der Waals surface area contributed by atoms with Crippen molar-refractivity contribution in [1.29, 1.82) is 0 Å². The number of carbonyl (C=O) groups is 1. The van der Waals surface area contributed by atoms with Gasteiger partial charge in [-0.15, -0.1) is 0 Å². The van der Waals surface area contributed by atoms with E-state index in [1.165, 1.54) is 17.0 Å². The number of hydrogen-bond acceptors (Lipinski definition) is 4. The molecule has 3 rings (SSSR count). The number of hydrogen-bond donors (Lipinski definition) is 0. The first-order valence-electron chi connectivity index (χ1n) is 6.10. The topological polar surface area (TPSA) is 59.2 Å². The first kappa shape index (κ1) is 13.1. The van der Waals surface area contributed by atoms with Gasteiger partial charge in [0, 0.05) is 30.8 Å². The smallest absolute Gasteiger partial charge is 0.227 e. The number of carbonyl (C=O) groups excluding carboxylic acids is 1. The molecule has 1 aromatic carbocycles. The molecular formula is C13H11ClFN3O2. The summed E-state index contributed by atoms with van der Waals surface area (Å²) in [7, 11) is 0. The lowest BCUT2D eigenvalue weighted by Crippen LogP contribution is -2.25. The number of aryl methyl sites for hydroxylation is 1. The Kier molecular flexibility index (Phi) is 3.17. The molecule has 2 aromatic rings. The number of rotatable bonds is 2. The molecule has 104 valence electrons. The molecule has 1 atom stereocenters. The van der Waals surface area contributed by atoms with E-state index in [4.69, 9.17) is 16.1 Å². The molecule has 7 heteroatoms. The van der Waals surface area contributed by atoms with Crippen LogP contribution in [0.1, 0.15) is 24.1 Å². The molecule has 5 nitrogen and oxygen atoms in total. The average Bonchev–Trinajstić information content (AvgIpc) is 2.96. The molecule has 1 aliphatic rings. The number of benzene rings is 1. The number of amides is 1. The van der Waals surface area contributed by atoms with Crippen molar-refractivity contribution in [1.82, 2.24) is 10.1 Å². The normalized spacial score (nSPS) is 18.9. The minimum atomic E-state index is -0.518. The van der Waals surface area contributed by atoms with Crippen molar-refractivity contribution in [2.45, 2.75) is 19.3 Å². The van der Waals surface area contributed by atoms with Crippen molar-refractivity contribution in [3.8, 4) is 0 Å². The van der Waals surface area contributed by atoms with Gasteiger partial charge < -0.3 is 9.42 Å². The monoisotopic (exact) mass is 295 g/mol. The number of halogens is 2. The molecule has 0 saturated carbocycles. The zero-order valence-electron chi connectivity index (χ0n) is 10.6. The van der Waals surface area contributed by atoms with Crippen molar-refractivity contribution in [2.24, 2.45) is 0 Å². The Morgan fingerprint density at radius 3 is 2.95 bits per heavy atom. The molecule has 0 radical (unpaired) electrons. The van der Waals surface area contributed by atoms with Gasteiger partial charge in [0.05, 0.1) is 5.69 Å². The summed E-state index contributed by atoms with van der Waals surface area (Å²) in [5.74, 6) is 0.0563. The highest BCUT2D eigenvalue weighted by atomic mass is 35.5. The van der Waals surface area contributed by atoms with E-state index in [9.17, 15) is 9.18 Å². The summed E-state index contributed by atoms with van der Waals surface area (Å²) in [6.07, 6.45) is 0.237. The molecule has 0 aliphatic carbocycles. The second-order valence-corrected chi connectivity index (χ2v) is 5.11. The predicted molar refractivity (Wildman–Crippen MR) is 70.2 cm³/mol. The van der Waals surface area contributed by atoms with E-state index >= 15 is 0 Å². The quantitative estimate of drug-likeness (QED) is 0.854. The van der Waals surface area contributed by atoms with Crippen LogP contribution in [0.15, 0.2) is 22.7 Å². The predicted octanol–water partition coefficient (Wildman–Crippen LogP) is 2.69. The first-order valence-corrected chi connectivity index (χ1v) is 6.48. The van der Waals surface area contributed by atoms with Crippen LogP contribution in [0.4, 0.5) is 10.1 Å². The number of anilines is 1. The van der Waals surface area contributed by atoms with E-state index in [1.54, 1.807) is 13.0 Å². The zero-order chi connectivity index (χ0) is 14.3. The Balaban J connectivity index is 1.87. The molecule has 1 saturated heterocycles. The lowest BCUT2D eigenvalue weighted by molar-refractivity contribution is -0.117. The van der Waals surface area contributed by atoms with Crippen molar-refractivity contribution < 1.29 is 13.7 Å². The molecule has 1 amide bonds. The van der Waals surface area contributed by atoms with Gasteiger partial charge in [0.25, 0.3) is 0 Å². The summed E-state index contributed by atoms with van der Waals surface area (Å²) in [5.41, 5.74) is 0.224. The van der Waals surface area contributed by atoms with Crippen molar-refractivity contribution in [2.75, 3.05) is 11.4 Å². The Hall–Kier alpha value is -1.95. The van der Waals surface area contributed by atoms with E-state index in [1.807, 2.05) is 0 Å². The SMILES string of the molecule is Cc1nc(C2CC(=O)N(c3ccc(Cl)cc3F)C2)no1. The van der Waals surface area contributed by atoms with Crippen LogP contribution in [0, 0.1) is 12.7 Å². The average molecular weight is 296 g/mol. The molecule has 1 aliphatic heterocycles. The van der Waals surface area contributed by atoms with Crippen LogP contribution >= 0.6 is 11.6 Å². The maximum Gasteiger partial charge on any atom is 0.227 e. The maximum absolute atomic E-state index is 13.9. The fourth-order valence-electron chi connectivity index (χ4n) is 2.29. The van der Waals surface area contributed by atoms with Crippen LogP contribution in [-0.4, -0.2) is 22.6 Å². The molecule has 1 unspecified atom stereocenters. The molecule has 2 heterocycles. The number of aromatic nitrogens is 2. The molecule has 0 spiro atoms. The molecule has 20 heavy (non-hydrogen) atoms. The van der Waals surface area contributed by atoms with E-state index in [0.29, 0.717) is 23.3 Å². The maximum atomic E-state index is 13.9. The molecule has 0 bridgehead atoms. The zero-order valence-corrected chi connectivity index (χ0v) is 11.4. The van der Waals surface area contributed by atoms with Crippen LogP contribution in [0.25, 0.3) is 0 Å². The third-order valence-electron chi connectivity index (χ3n) is 3.23. The van der Waals surface area contributed by atoms with Crippen LogP contribution in [0.3, 0.4) is 0 Å². The molecule has 0 N–H and O–H groups in total. The lowest BCUT2D eigenvalue weighted by Gasteiger charge is -2.17. The minimum Gasteiger partial charge on any atom is -0.340 e. The van der Waals surface area contributed by atoms with Crippen molar-refractivity contribution in [3.63, 3.8) is 0 Å². The van der Waals surface area contributed by atoms with Crippen molar-refractivity contribution >= 4 is 23.2 Å². The lowest BCUT2D eigenvalue weighted by atomic mass is 10.1. The fraction of sp³-hybridized carbons (Fsp3) is 0.308. The summed E-state index contributed by atoms with van der Waals surface area (Å²) in [5, 5.41) is 4.11. The van der Waals surface area contributed by atoms with Crippen LogP contribution in [0.2, 0.25) is 5.02 Å². The summed E-state index contributed by atoms with van der Waals surface area (Å²) in [6.45, 7) is 2.01. The highest BCUT2D eigenvalue weighted by Gasteiger charge is 2.35. The standard InChI is InChI=1S/C13H11ClFN3O2/c1-7-16-13(17-20-7)8-4-12(19)18(6-8)11-3-2-9(14)5-10(11)15/h2-3,5,8H,4,6H2,1H3. The van der Waals surface area contributed by atoms with Gasteiger partial charge in [-0.05, 0) is 18.2 Å². The van der Waals surface area contributed by atoms with Crippen LogP contribution < -0.4 is 4.90 Å². The van der Waals surface area contributed by atoms with E-state index in [0.717, 1.165) is 0 Å². The van der Waals surface area contributed by atoms with E-state index in [-0.39, 0.29) is 23.9 Å².